The standard InChI is InChI=1S/C36H39N7O2/c1-24(28-16-8-11-25-10-2-3-13-29(25)28)42-35(45)33(17-9-21-41-36(37)38)43-34(44)32-19-18-26(30-14-4-5-15-31(30)32)22-39-23-27-12-6-7-20-40-27/h2-8,10-16,18-20,24,33,39H,9,17,21-23H2,1H3,(H,42,45)(H,43,44)(H4,37,38,41)/t24-,33-/m0/s1. The van der Waals surface area contributed by atoms with Crippen LogP contribution in [-0.4, -0.2) is 35.3 Å². The van der Waals surface area contributed by atoms with Gasteiger partial charge in [-0.3, -0.25) is 20.0 Å². The Morgan fingerprint density at radius 2 is 1.56 bits per heavy atom. The minimum atomic E-state index is -0.790. The second-order valence-electron chi connectivity index (χ2n) is 11.0. The smallest absolute Gasteiger partial charge is 0.252 e. The Hall–Kier alpha value is -5.28. The Balaban J connectivity index is 1.32. The van der Waals surface area contributed by atoms with E-state index in [1.54, 1.807) is 6.20 Å². The fourth-order valence-electron chi connectivity index (χ4n) is 5.60. The number of guanidine groups is 1. The SMILES string of the molecule is C[C@H](NC(=O)[C@H](CCCNC(=N)N)NC(=O)c1ccc(CNCc2ccccn2)c2ccccc12)c1cccc2ccccc12. The zero-order chi connectivity index (χ0) is 31.6. The fourth-order valence-corrected chi connectivity index (χ4v) is 5.60. The summed E-state index contributed by atoms with van der Waals surface area (Å²) < 4.78 is 0. The third-order valence-electron chi connectivity index (χ3n) is 7.86. The summed E-state index contributed by atoms with van der Waals surface area (Å²) in [5.41, 5.74) is 8.96. The maximum atomic E-state index is 13.8. The van der Waals surface area contributed by atoms with Crippen molar-refractivity contribution in [1.29, 1.82) is 5.41 Å². The van der Waals surface area contributed by atoms with Gasteiger partial charge in [0.15, 0.2) is 5.96 Å². The molecule has 45 heavy (non-hydrogen) atoms. The average molecular weight is 602 g/mol. The predicted octanol–water partition coefficient (Wildman–Crippen LogP) is 4.92. The van der Waals surface area contributed by atoms with E-state index >= 15 is 0 Å². The van der Waals surface area contributed by atoms with Crippen LogP contribution < -0.4 is 27.0 Å². The van der Waals surface area contributed by atoms with Crippen LogP contribution in [0.1, 0.15) is 53.0 Å². The maximum Gasteiger partial charge on any atom is 0.252 e. The topological polar surface area (TPSA) is 145 Å². The zero-order valence-corrected chi connectivity index (χ0v) is 25.3. The lowest BCUT2D eigenvalue weighted by Crippen LogP contribution is -2.47. The highest BCUT2D eigenvalue weighted by molar-refractivity contribution is 6.09. The first-order valence-electron chi connectivity index (χ1n) is 15.2. The number of nitrogens with zero attached hydrogens (tertiary/aromatic N) is 1. The van der Waals surface area contributed by atoms with Gasteiger partial charge in [-0.1, -0.05) is 78.9 Å². The summed E-state index contributed by atoms with van der Waals surface area (Å²) >= 11 is 0. The molecule has 0 unspecified atom stereocenters. The van der Waals surface area contributed by atoms with Crippen LogP contribution in [0.2, 0.25) is 0 Å². The molecule has 5 aromatic rings. The Labute approximate surface area is 263 Å². The number of hydrogen-bond acceptors (Lipinski definition) is 5. The van der Waals surface area contributed by atoms with Gasteiger partial charge in [0.2, 0.25) is 5.91 Å². The second-order valence-corrected chi connectivity index (χ2v) is 11.0. The molecule has 0 fully saturated rings. The number of benzene rings is 4. The Kier molecular flexibility index (Phi) is 10.3. The summed E-state index contributed by atoms with van der Waals surface area (Å²) in [6.45, 7) is 3.60. The van der Waals surface area contributed by atoms with Crippen molar-refractivity contribution in [3.8, 4) is 0 Å². The number of carbonyl (C=O) groups excluding carboxylic acids is 2. The summed E-state index contributed by atoms with van der Waals surface area (Å²) in [7, 11) is 0. The van der Waals surface area contributed by atoms with Gasteiger partial charge in [0.05, 0.1) is 11.7 Å². The van der Waals surface area contributed by atoms with Crippen molar-refractivity contribution in [2.24, 2.45) is 5.73 Å². The van der Waals surface area contributed by atoms with Crippen LogP contribution in [0.25, 0.3) is 21.5 Å². The van der Waals surface area contributed by atoms with Gasteiger partial charge in [-0.2, -0.15) is 0 Å². The van der Waals surface area contributed by atoms with E-state index in [0.29, 0.717) is 38.0 Å². The highest BCUT2D eigenvalue weighted by Gasteiger charge is 2.24. The van der Waals surface area contributed by atoms with E-state index in [1.807, 2.05) is 104 Å². The third-order valence-corrected chi connectivity index (χ3v) is 7.86. The largest absolute Gasteiger partial charge is 0.370 e. The first kappa shape index (κ1) is 31.2. The highest BCUT2D eigenvalue weighted by Crippen LogP contribution is 2.25. The van der Waals surface area contributed by atoms with Crippen molar-refractivity contribution in [1.82, 2.24) is 26.3 Å². The number of nitrogens with one attached hydrogen (secondary N) is 5. The number of rotatable bonds is 13. The van der Waals surface area contributed by atoms with E-state index in [-0.39, 0.29) is 23.8 Å². The van der Waals surface area contributed by atoms with E-state index < -0.39 is 6.04 Å². The number of aromatic nitrogens is 1. The van der Waals surface area contributed by atoms with Gasteiger partial charge in [-0.05, 0) is 70.6 Å². The van der Waals surface area contributed by atoms with Crippen molar-refractivity contribution in [3.63, 3.8) is 0 Å². The van der Waals surface area contributed by atoms with Crippen molar-refractivity contribution in [2.45, 2.75) is 44.9 Å². The quantitative estimate of drug-likeness (QED) is 0.0642. The van der Waals surface area contributed by atoms with E-state index in [9.17, 15) is 9.59 Å². The molecular formula is C36H39N7O2. The molecule has 0 spiro atoms. The Bertz CT molecular complexity index is 1790. The number of nitrogens with two attached hydrogens (primary N) is 1. The molecule has 0 aliphatic rings. The molecule has 0 radical (unpaired) electrons. The molecule has 0 aliphatic heterocycles. The molecule has 0 saturated heterocycles. The fraction of sp³-hybridized carbons (Fsp3) is 0.222. The lowest BCUT2D eigenvalue weighted by Gasteiger charge is -2.23. The van der Waals surface area contributed by atoms with Crippen LogP contribution in [0.3, 0.4) is 0 Å². The predicted molar refractivity (Wildman–Crippen MR) is 180 cm³/mol. The number of pyridine rings is 1. The van der Waals surface area contributed by atoms with Crippen LogP contribution in [0, 0.1) is 5.41 Å². The Morgan fingerprint density at radius 3 is 2.33 bits per heavy atom. The Morgan fingerprint density at radius 1 is 0.822 bits per heavy atom. The molecule has 9 heteroatoms. The molecule has 2 amide bonds. The summed E-state index contributed by atoms with van der Waals surface area (Å²) in [6.07, 6.45) is 2.67. The molecular weight excluding hydrogens is 562 g/mol. The van der Waals surface area contributed by atoms with E-state index in [0.717, 1.165) is 38.4 Å². The van der Waals surface area contributed by atoms with Crippen molar-refractivity contribution >= 4 is 39.3 Å². The van der Waals surface area contributed by atoms with Crippen LogP contribution >= 0.6 is 0 Å². The maximum absolute atomic E-state index is 13.8. The number of fused-ring (bicyclic) bond motifs is 2. The molecule has 0 aliphatic carbocycles. The lowest BCUT2D eigenvalue weighted by molar-refractivity contribution is -0.123. The van der Waals surface area contributed by atoms with Gasteiger partial charge in [0, 0.05) is 31.4 Å². The number of hydrogen-bond donors (Lipinski definition) is 6. The first-order chi connectivity index (χ1) is 21.9. The normalized spacial score (nSPS) is 12.4. The molecule has 0 saturated carbocycles. The van der Waals surface area contributed by atoms with Crippen molar-refractivity contribution in [2.75, 3.05) is 6.54 Å². The van der Waals surface area contributed by atoms with Crippen LogP contribution in [-0.2, 0) is 17.9 Å². The van der Waals surface area contributed by atoms with Gasteiger partial charge in [0.25, 0.3) is 5.91 Å². The van der Waals surface area contributed by atoms with Gasteiger partial charge in [0.1, 0.15) is 6.04 Å². The van der Waals surface area contributed by atoms with Crippen LogP contribution in [0.4, 0.5) is 0 Å². The van der Waals surface area contributed by atoms with Gasteiger partial charge < -0.3 is 27.0 Å². The minimum Gasteiger partial charge on any atom is -0.370 e. The molecule has 5 rings (SSSR count). The van der Waals surface area contributed by atoms with E-state index in [2.05, 4.69) is 26.3 Å². The molecule has 2 atom stereocenters. The summed E-state index contributed by atoms with van der Waals surface area (Å²) in [6, 6.07) is 30.4. The average Bonchev–Trinajstić information content (AvgIpc) is 3.06. The van der Waals surface area contributed by atoms with Crippen LogP contribution in [0.15, 0.2) is 103 Å². The molecule has 1 aromatic heterocycles. The molecule has 9 nitrogen and oxygen atoms in total. The minimum absolute atomic E-state index is 0.134. The van der Waals surface area contributed by atoms with Gasteiger partial charge in [-0.25, -0.2) is 0 Å². The van der Waals surface area contributed by atoms with Crippen LogP contribution in [0.5, 0.6) is 0 Å². The van der Waals surface area contributed by atoms with E-state index in [4.69, 9.17) is 11.1 Å². The van der Waals surface area contributed by atoms with Crippen molar-refractivity contribution < 1.29 is 9.59 Å². The highest BCUT2D eigenvalue weighted by atomic mass is 16.2. The van der Waals surface area contributed by atoms with Crippen molar-refractivity contribution in [3.05, 3.63) is 126 Å². The lowest BCUT2D eigenvalue weighted by atomic mass is 9.98. The number of amides is 2. The molecule has 4 aromatic carbocycles. The third kappa shape index (κ3) is 8.01. The summed E-state index contributed by atoms with van der Waals surface area (Å²) in [5, 5.41) is 23.7. The first-order valence-corrected chi connectivity index (χ1v) is 15.2. The van der Waals surface area contributed by atoms with E-state index in [1.165, 1.54) is 0 Å². The zero-order valence-electron chi connectivity index (χ0n) is 25.3. The molecule has 230 valence electrons. The molecule has 0 bridgehead atoms. The summed E-state index contributed by atoms with van der Waals surface area (Å²) in [4.78, 5) is 31.8. The second kappa shape index (κ2) is 14.9. The molecule has 7 N–H and O–H groups in total. The molecule has 1 heterocycles. The summed E-state index contributed by atoms with van der Waals surface area (Å²) in [5.74, 6) is -0.728. The van der Waals surface area contributed by atoms with Gasteiger partial charge in [-0.15, -0.1) is 0 Å². The number of carbonyl (C=O) groups is 2. The van der Waals surface area contributed by atoms with Gasteiger partial charge >= 0.3 is 0 Å². The monoisotopic (exact) mass is 601 g/mol.